The van der Waals surface area contributed by atoms with E-state index in [0.29, 0.717) is 24.0 Å². The van der Waals surface area contributed by atoms with Crippen molar-refractivity contribution in [1.29, 1.82) is 0 Å². The summed E-state index contributed by atoms with van der Waals surface area (Å²) in [5.41, 5.74) is 4.43. The van der Waals surface area contributed by atoms with Crippen LogP contribution in [0.4, 0.5) is 0 Å². The number of carbonyl (C=O) groups excluding carboxylic acids is 1. The first kappa shape index (κ1) is 28.1. The van der Waals surface area contributed by atoms with Crippen LogP contribution in [0.2, 0.25) is 16.6 Å². The van der Waals surface area contributed by atoms with Crippen molar-refractivity contribution in [3.63, 3.8) is 0 Å². The third-order valence-corrected chi connectivity index (χ3v) is 10.5. The van der Waals surface area contributed by atoms with Crippen LogP contribution in [0.1, 0.15) is 62.8 Å². The first-order valence-corrected chi connectivity index (χ1v) is 15.0. The molecular formula is C27H38BrClNO2Si+. The maximum absolute atomic E-state index is 13.0. The molecule has 180 valence electrons. The standard InChI is InChI=1S/C27H37BrClNO2Si/c1-18(2)21-11-9-12-24(28)23(21)14-20(16-32-17-33(7)27(4,5)6)30-26(31)15-22-19(3)10-8-13-25(22)29/h8-13,18,20H,14-17H2,1-7H3/p+1/t20-/m1/s1. The van der Waals surface area contributed by atoms with Crippen molar-refractivity contribution in [3.05, 3.63) is 68.1 Å². The van der Waals surface area contributed by atoms with Crippen molar-refractivity contribution in [2.75, 3.05) is 12.8 Å². The summed E-state index contributed by atoms with van der Waals surface area (Å²) in [4.78, 5) is 13.0. The minimum absolute atomic E-state index is 0.0317. The molecule has 0 aliphatic rings. The average Bonchev–Trinajstić information content (AvgIpc) is 2.71. The minimum atomic E-state index is -0.651. The van der Waals surface area contributed by atoms with Crippen molar-refractivity contribution < 1.29 is 9.53 Å². The number of ether oxygens (including phenoxy) is 1. The molecule has 0 spiro atoms. The predicted octanol–water partition coefficient (Wildman–Crippen LogP) is 7.28. The minimum Gasteiger partial charge on any atom is -0.350 e. The SMILES string of the molecule is Cc1cccc(Cl)c1CC(=O)N[C@@H](COC[Si+](C)C(C)(C)C)Cc1c(Br)cccc1C(C)C. The van der Waals surface area contributed by atoms with Crippen molar-refractivity contribution in [3.8, 4) is 0 Å². The van der Waals surface area contributed by atoms with Gasteiger partial charge in [0.1, 0.15) is 0 Å². The first-order chi connectivity index (χ1) is 15.4. The second-order valence-electron chi connectivity index (χ2n) is 10.2. The van der Waals surface area contributed by atoms with Gasteiger partial charge in [0.25, 0.3) is 0 Å². The highest BCUT2D eigenvalue weighted by molar-refractivity contribution is 9.10. The van der Waals surface area contributed by atoms with Gasteiger partial charge in [-0.25, -0.2) is 0 Å². The van der Waals surface area contributed by atoms with E-state index in [4.69, 9.17) is 16.3 Å². The maximum Gasteiger partial charge on any atom is 0.345 e. The third-order valence-electron chi connectivity index (χ3n) is 6.20. The van der Waals surface area contributed by atoms with Crippen molar-refractivity contribution in [2.24, 2.45) is 0 Å². The van der Waals surface area contributed by atoms with Crippen LogP contribution >= 0.6 is 27.5 Å². The molecule has 0 saturated heterocycles. The van der Waals surface area contributed by atoms with Crippen LogP contribution in [0.25, 0.3) is 0 Å². The Morgan fingerprint density at radius 2 is 1.82 bits per heavy atom. The van der Waals surface area contributed by atoms with Gasteiger partial charge in [0.05, 0.1) is 30.7 Å². The van der Waals surface area contributed by atoms with Crippen molar-refractivity contribution in [1.82, 2.24) is 5.32 Å². The summed E-state index contributed by atoms with van der Waals surface area (Å²) in [6, 6.07) is 11.9. The summed E-state index contributed by atoms with van der Waals surface area (Å²) in [7, 11) is -0.651. The zero-order chi connectivity index (χ0) is 24.8. The molecule has 0 fully saturated rings. The van der Waals surface area contributed by atoms with Crippen LogP contribution in [0.5, 0.6) is 0 Å². The van der Waals surface area contributed by atoms with Gasteiger partial charge in [-0.15, -0.1) is 0 Å². The monoisotopic (exact) mass is 550 g/mol. The molecule has 3 nitrogen and oxygen atoms in total. The summed E-state index contributed by atoms with van der Waals surface area (Å²) >= 11 is 10.1. The average molecular weight is 552 g/mol. The van der Waals surface area contributed by atoms with E-state index in [2.05, 4.69) is 80.6 Å². The molecule has 0 radical (unpaired) electrons. The van der Waals surface area contributed by atoms with Gasteiger partial charge in [-0.1, -0.05) is 65.6 Å². The molecule has 1 atom stereocenters. The third kappa shape index (κ3) is 8.54. The van der Waals surface area contributed by atoms with E-state index in [1.165, 1.54) is 11.1 Å². The number of rotatable bonds is 10. The smallest absolute Gasteiger partial charge is 0.345 e. The molecule has 2 aromatic carbocycles. The molecule has 0 aliphatic heterocycles. The molecule has 1 amide bonds. The Hall–Kier alpha value is -1.14. The van der Waals surface area contributed by atoms with Crippen LogP contribution in [0, 0.1) is 6.92 Å². The van der Waals surface area contributed by atoms with E-state index in [1.807, 2.05) is 25.1 Å². The van der Waals surface area contributed by atoms with Crippen LogP contribution < -0.4 is 5.32 Å². The molecule has 0 bridgehead atoms. The molecule has 33 heavy (non-hydrogen) atoms. The van der Waals surface area contributed by atoms with Crippen LogP contribution in [0.3, 0.4) is 0 Å². The highest BCUT2D eigenvalue weighted by atomic mass is 79.9. The van der Waals surface area contributed by atoms with Gasteiger partial charge in [0.2, 0.25) is 5.91 Å². The van der Waals surface area contributed by atoms with Crippen LogP contribution in [-0.4, -0.2) is 33.6 Å². The quantitative estimate of drug-likeness (QED) is 0.315. The first-order valence-electron chi connectivity index (χ1n) is 11.6. The number of hydrogen-bond acceptors (Lipinski definition) is 2. The van der Waals surface area contributed by atoms with Gasteiger partial charge in [-0.05, 0) is 74.4 Å². The Bertz CT molecular complexity index is 922. The Morgan fingerprint density at radius 3 is 2.42 bits per heavy atom. The number of hydrogen-bond donors (Lipinski definition) is 1. The molecule has 0 aromatic heterocycles. The maximum atomic E-state index is 13.0. The second kappa shape index (κ2) is 12.5. The fourth-order valence-electron chi connectivity index (χ4n) is 3.63. The normalized spacial score (nSPS) is 12.7. The number of aryl methyl sites for hydroxylation is 1. The largest absolute Gasteiger partial charge is 0.350 e. The Labute approximate surface area is 215 Å². The van der Waals surface area contributed by atoms with E-state index >= 15 is 0 Å². The Morgan fingerprint density at radius 1 is 1.15 bits per heavy atom. The van der Waals surface area contributed by atoms with E-state index < -0.39 is 8.80 Å². The van der Waals surface area contributed by atoms with Gasteiger partial charge in [-0.3, -0.25) is 4.79 Å². The molecule has 2 rings (SSSR count). The van der Waals surface area contributed by atoms with E-state index in [1.54, 1.807) is 0 Å². The Kier molecular flexibility index (Phi) is 10.7. The summed E-state index contributed by atoms with van der Waals surface area (Å²) in [5, 5.41) is 4.15. The lowest BCUT2D eigenvalue weighted by Crippen LogP contribution is -2.42. The van der Waals surface area contributed by atoms with E-state index in [9.17, 15) is 4.79 Å². The highest BCUT2D eigenvalue weighted by Gasteiger charge is 2.36. The molecule has 1 N–H and O–H groups in total. The van der Waals surface area contributed by atoms with Gasteiger partial charge in [0.15, 0.2) is 6.23 Å². The van der Waals surface area contributed by atoms with Crippen LogP contribution in [-0.2, 0) is 22.4 Å². The fourth-order valence-corrected chi connectivity index (χ4v) is 5.32. The summed E-state index contributed by atoms with van der Waals surface area (Å²) in [5.74, 6) is 0.364. The second-order valence-corrected chi connectivity index (χ2v) is 14.8. The molecule has 0 aliphatic carbocycles. The van der Waals surface area contributed by atoms with Gasteiger partial charge >= 0.3 is 8.80 Å². The molecule has 2 aromatic rings. The molecule has 0 heterocycles. The Balaban J connectivity index is 2.19. The van der Waals surface area contributed by atoms with E-state index in [0.717, 1.165) is 21.8 Å². The lowest BCUT2D eigenvalue weighted by molar-refractivity contribution is -0.121. The molecule has 0 saturated carbocycles. The summed E-state index contributed by atoms with van der Waals surface area (Å²) in [6.45, 7) is 16.0. The number of carbonyl (C=O) groups is 1. The van der Waals surface area contributed by atoms with Crippen molar-refractivity contribution >= 4 is 42.2 Å². The predicted molar refractivity (Wildman–Crippen MR) is 146 cm³/mol. The zero-order valence-electron chi connectivity index (χ0n) is 21.0. The lowest BCUT2D eigenvalue weighted by Gasteiger charge is -2.23. The van der Waals surface area contributed by atoms with Gasteiger partial charge in [-0.2, -0.15) is 0 Å². The number of nitrogens with one attached hydrogen (secondary N) is 1. The zero-order valence-corrected chi connectivity index (χ0v) is 24.4. The number of benzene rings is 2. The van der Waals surface area contributed by atoms with Gasteiger partial charge in [0, 0.05) is 9.50 Å². The molecule has 0 unspecified atom stereocenters. The van der Waals surface area contributed by atoms with Crippen LogP contribution in [0.15, 0.2) is 40.9 Å². The fraction of sp³-hybridized carbons (Fsp3) is 0.519. The molecular weight excluding hydrogens is 514 g/mol. The summed E-state index contributed by atoms with van der Waals surface area (Å²) in [6.07, 6.45) is 1.74. The van der Waals surface area contributed by atoms with Gasteiger partial charge < -0.3 is 10.1 Å². The topological polar surface area (TPSA) is 38.3 Å². The molecule has 6 heteroatoms. The van der Waals surface area contributed by atoms with E-state index in [-0.39, 0.29) is 23.4 Å². The van der Waals surface area contributed by atoms with Crippen molar-refractivity contribution in [2.45, 2.75) is 77.9 Å². The summed E-state index contributed by atoms with van der Waals surface area (Å²) < 4.78 is 7.26. The lowest BCUT2D eigenvalue weighted by atomic mass is 9.93. The highest BCUT2D eigenvalue weighted by Crippen LogP contribution is 2.29. The number of halogens is 2. The number of amides is 1.